The van der Waals surface area contributed by atoms with Crippen molar-refractivity contribution in [3.63, 3.8) is 0 Å². The number of nitrogens with zero attached hydrogens (tertiary/aromatic N) is 1. The molecule has 1 aromatic heterocycles. The fourth-order valence-corrected chi connectivity index (χ4v) is 2.84. The number of hydrogen-bond acceptors (Lipinski definition) is 2. The summed E-state index contributed by atoms with van der Waals surface area (Å²) >= 11 is 0. The van der Waals surface area contributed by atoms with Gasteiger partial charge >= 0.3 is 0 Å². The Balaban J connectivity index is 2.14. The van der Waals surface area contributed by atoms with Crippen LogP contribution in [0.1, 0.15) is 58.2 Å². The van der Waals surface area contributed by atoms with Crippen LogP contribution in [0.25, 0.3) is 0 Å². The zero-order chi connectivity index (χ0) is 13.2. The zero-order valence-electron chi connectivity index (χ0n) is 12.3. The van der Waals surface area contributed by atoms with Gasteiger partial charge in [0.15, 0.2) is 5.82 Å². The van der Waals surface area contributed by atoms with Crippen LogP contribution in [-0.4, -0.2) is 16.7 Å². The first-order valence-corrected chi connectivity index (χ1v) is 7.38. The second kappa shape index (κ2) is 5.33. The van der Waals surface area contributed by atoms with Gasteiger partial charge in [0.05, 0.1) is 0 Å². The highest BCUT2D eigenvalue weighted by molar-refractivity contribution is 5.48. The second-order valence-corrected chi connectivity index (χ2v) is 6.24. The molecule has 1 aromatic rings. The summed E-state index contributed by atoms with van der Waals surface area (Å²) in [5.41, 5.74) is 3.25. The number of hydrogen-bond donors (Lipinski definition) is 2. The number of aromatic nitrogens is 2. The van der Waals surface area contributed by atoms with Gasteiger partial charge in [-0.25, -0.2) is 0 Å². The van der Waals surface area contributed by atoms with Crippen molar-refractivity contribution in [2.24, 2.45) is 11.3 Å². The lowest BCUT2D eigenvalue weighted by molar-refractivity contribution is 0.183. The summed E-state index contributed by atoms with van der Waals surface area (Å²) in [5, 5.41) is 11.1. The third-order valence-corrected chi connectivity index (χ3v) is 4.70. The molecule has 0 radical (unpaired) electrons. The highest BCUT2D eigenvalue weighted by Gasteiger charge is 2.33. The minimum atomic E-state index is 0.441. The molecule has 1 unspecified atom stereocenters. The van der Waals surface area contributed by atoms with Crippen molar-refractivity contribution in [3.05, 3.63) is 11.3 Å². The number of aryl methyl sites for hydroxylation is 1. The highest BCUT2D eigenvalue weighted by Crippen LogP contribution is 2.40. The molecular formula is C15H27N3. The summed E-state index contributed by atoms with van der Waals surface area (Å²) in [5.74, 6) is 1.89. The van der Waals surface area contributed by atoms with Crippen LogP contribution in [0.3, 0.4) is 0 Å². The number of nitrogens with one attached hydrogen (secondary N) is 2. The predicted octanol–water partition coefficient (Wildman–Crippen LogP) is 3.77. The molecule has 1 aliphatic rings. The van der Waals surface area contributed by atoms with Crippen LogP contribution in [0.5, 0.6) is 0 Å². The normalized spacial score (nSPS) is 19.7. The van der Waals surface area contributed by atoms with Gasteiger partial charge in [0.2, 0.25) is 0 Å². The molecular weight excluding hydrogens is 222 g/mol. The van der Waals surface area contributed by atoms with Crippen LogP contribution in [0.15, 0.2) is 0 Å². The second-order valence-electron chi connectivity index (χ2n) is 6.24. The average Bonchev–Trinajstić information content (AvgIpc) is 2.78. The maximum Gasteiger partial charge on any atom is 0.151 e. The lowest BCUT2D eigenvalue weighted by Gasteiger charge is -2.36. The molecule has 0 aromatic carbocycles. The van der Waals surface area contributed by atoms with Crippen molar-refractivity contribution < 1.29 is 0 Å². The van der Waals surface area contributed by atoms with Gasteiger partial charge in [-0.15, -0.1) is 0 Å². The molecule has 1 aliphatic carbocycles. The van der Waals surface area contributed by atoms with Gasteiger partial charge < -0.3 is 5.32 Å². The molecule has 0 saturated carbocycles. The Morgan fingerprint density at radius 1 is 1.39 bits per heavy atom. The van der Waals surface area contributed by atoms with Crippen molar-refractivity contribution in [2.75, 3.05) is 11.9 Å². The first-order chi connectivity index (χ1) is 8.58. The molecule has 3 heteroatoms. The fraction of sp³-hybridized carbons (Fsp3) is 0.800. The molecule has 0 spiro atoms. The van der Waals surface area contributed by atoms with Crippen molar-refractivity contribution in [3.8, 4) is 0 Å². The topological polar surface area (TPSA) is 40.7 Å². The van der Waals surface area contributed by atoms with E-state index in [2.05, 4.69) is 43.2 Å². The molecule has 0 bridgehead atoms. The van der Waals surface area contributed by atoms with Gasteiger partial charge in [-0.1, -0.05) is 34.1 Å². The first kappa shape index (κ1) is 13.4. The van der Waals surface area contributed by atoms with Gasteiger partial charge in [0, 0.05) is 17.8 Å². The molecule has 0 saturated heterocycles. The monoisotopic (exact) mass is 249 g/mol. The van der Waals surface area contributed by atoms with Crippen LogP contribution < -0.4 is 5.32 Å². The standard InChI is InChI=1S/C15H27N3/c1-5-9-16-14-12-10-11(15(3,4)6-2)7-8-13(12)17-18-14/h11H,5-10H2,1-4H3,(H2,16,17,18). The molecule has 2 N–H and O–H groups in total. The van der Waals surface area contributed by atoms with Crippen LogP contribution in [0.4, 0.5) is 5.82 Å². The van der Waals surface area contributed by atoms with Crippen LogP contribution >= 0.6 is 0 Å². The van der Waals surface area contributed by atoms with Crippen LogP contribution in [0, 0.1) is 11.3 Å². The highest BCUT2D eigenvalue weighted by atomic mass is 15.2. The first-order valence-electron chi connectivity index (χ1n) is 7.38. The van der Waals surface area contributed by atoms with E-state index in [-0.39, 0.29) is 0 Å². The third kappa shape index (κ3) is 2.55. The molecule has 1 atom stereocenters. The van der Waals surface area contributed by atoms with Crippen molar-refractivity contribution in [1.29, 1.82) is 0 Å². The molecule has 2 rings (SSSR count). The number of aromatic amines is 1. The van der Waals surface area contributed by atoms with Gasteiger partial charge in [-0.3, -0.25) is 5.10 Å². The summed E-state index contributed by atoms with van der Waals surface area (Å²) in [6.45, 7) is 10.3. The number of fused-ring (bicyclic) bond motifs is 1. The predicted molar refractivity (Wildman–Crippen MR) is 77.0 cm³/mol. The maximum atomic E-state index is 4.44. The Morgan fingerprint density at radius 3 is 2.83 bits per heavy atom. The SMILES string of the molecule is CCCNc1n[nH]c2c1CC(C(C)(C)CC)CC2. The molecule has 18 heavy (non-hydrogen) atoms. The average molecular weight is 249 g/mol. The van der Waals surface area contributed by atoms with Crippen LogP contribution in [-0.2, 0) is 12.8 Å². The number of anilines is 1. The van der Waals surface area contributed by atoms with E-state index >= 15 is 0 Å². The Bertz CT molecular complexity index is 392. The quantitative estimate of drug-likeness (QED) is 0.834. The van der Waals surface area contributed by atoms with E-state index in [0.717, 1.165) is 31.1 Å². The zero-order valence-corrected chi connectivity index (χ0v) is 12.3. The smallest absolute Gasteiger partial charge is 0.151 e. The Morgan fingerprint density at radius 2 is 2.17 bits per heavy atom. The largest absolute Gasteiger partial charge is 0.368 e. The molecule has 3 nitrogen and oxygen atoms in total. The van der Waals surface area contributed by atoms with E-state index in [1.54, 1.807) is 0 Å². The molecule has 0 fully saturated rings. The van der Waals surface area contributed by atoms with E-state index < -0.39 is 0 Å². The van der Waals surface area contributed by atoms with Gasteiger partial charge in [-0.2, -0.15) is 5.10 Å². The Labute approximate surface area is 111 Å². The summed E-state index contributed by atoms with van der Waals surface area (Å²) in [7, 11) is 0. The van der Waals surface area contributed by atoms with E-state index in [0.29, 0.717) is 5.41 Å². The summed E-state index contributed by atoms with van der Waals surface area (Å²) in [6.07, 6.45) is 6.03. The number of H-pyrrole nitrogens is 1. The van der Waals surface area contributed by atoms with Crippen molar-refractivity contribution in [1.82, 2.24) is 10.2 Å². The lowest BCUT2D eigenvalue weighted by Crippen LogP contribution is -2.29. The van der Waals surface area contributed by atoms with Crippen LogP contribution in [0.2, 0.25) is 0 Å². The molecule has 0 amide bonds. The number of rotatable bonds is 5. The summed E-state index contributed by atoms with van der Waals surface area (Å²) in [4.78, 5) is 0. The van der Waals surface area contributed by atoms with Crippen molar-refractivity contribution >= 4 is 5.82 Å². The summed E-state index contributed by atoms with van der Waals surface area (Å²) < 4.78 is 0. The van der Waals surface area contributed by atoms with Gasteiger partial charge in [-0.05, 0) is 37.0 Å². The van der Waals surface area contributed by atoms with Gasteiger partial charge in [0.1, 0.15) is 0 Å². The van der Waals surface area contributed by atoms with Crippen molar-refractivity contribution in [2.45, 2.75) is 59.8 Å². The minimum absolute atomic E-state index is 0.441. The third-order valence-electron chi connectivity index (χ3n) is 4.70. The Hall–Kier alpha value is -0.990. The van der Waals surface area contributed by atoms with E-state index in [1.165, 1.54) is 30.5 Å². The van der Waals surface area contributed by atoms with E-state index in [4.69, 9.17) is 0 Å². The van der Waals surface area contributed by atoms with E-state index in [9.17, 15) is 0 Å². The van der Waals surface area contributed by atoms with Gasteiger partial charge in [0.25, 0.3) is 0 Å². The molecule has 1 heterocycles. The lowest BCUT2D eigenvalue weighted by atomic mass is 9.69. The van der Waals surface area contributed by atoms with E-state index in [1.807, 2.05) is 0 Å². The fourth-order valence-electron chi connectivity index (χ4n) is 2.84. The minimum Gasteiger partial charge on any atom is -0.368 e. The molecule has 102 valence electrons. The summed E-state index contributed by atoms with van der Waals surface area (Å²) in [6, 6.07) is 0. The molecule has 0 aliphatic heterocycles. The maximum absolute atomic E-state index is 4.44. The Kier molecular flexibility index (Phi) is 3.98.